The van der Waals surface area contributed by atoms with Crippen LogP contribution in [0.2, 0.25) is 0 Å². The van der Waals surface area contributed by atoms with E-state index in [-0.39, 0.29) is 0 Å². The van der Waals surface area contributed by atoms with Crippen molar-refractivity contribution in [2.24, 2.45) is 5.92 Å². The molecule has 0 rings (SSSR count). The molecule has 0 saturated heterocycles. The minimum absolute atomic E-state index is 0.898. The van der Waals surface area contributed by atoms with Crippen molar-refractivity contribution < 1.29 is 0 Å². The second-order valence-electron chi connectivity index (χ2n) is 2.18. The second-order valence-corrected chi connectivity index (χ2v) is 2.18. The van der Waals surface area contributed by atoms with Crippen LogP contribution in [0.25, 0.3) is 0 Å². The zero-order valence-corrected chi connectivity index (χ0v) is 7.82. The molecule has 10 heavy (non-hydrogen) atoms. The van der Waals surface area contributed by atoms with Crippen LogP contribution in [0.3, 0.4) is 0 Å². The second kappa shape index (κ2) is 23.6. The van der Waals surface area contributed by atoms with Crippen LogP contribution in [0.5, 0.6) is 0 Å². The molecule has 0 radical (unpaired) electrons. The van der Waals surface area contributed by atoms with Crippen molar-refractivity contribution >= 4 is 0 Å². The maximum Gasteiger partial charge on any atom is -0.0471 e. The SMILES string of the molecule is C=C.C=C.CCCC(C)C. The Bertz CT molecular complexity index is 35.3. The average molecular weight is 142 g/mol. The molecule has 62 valence electrons. The third-order valence-electron chi connectivity index (χ3n) is 0.866. The highest BCUT2D eigenvalue weighted by molar-refractivity contribution is 4.38. The molecule has 0 aliphatic heterocycles. The van der Waals surface area contributed by atoms with Gasteiger partial charge in [0.05, 0.1) is 0 Å². The van der Waals surface area contributed by atoms with Crippen LogP contribution in [0, 0.1) is 5.92 Å². The summed E-state index contributed by atoms with van der Waals surface area (Å²) in [6.07, 6.45) is 2.71. The van der Waals surface area contributed by atoms with Crippen LogP contribution in [0.1, 0.15) is 33.6 Å². The maximum absolute atomic E-state index is 3.00. The lowest BCUT2D eigenvalue weighted by atomic mass is 10.1. The fraction of sp³-hybridized carbons (Fsp3) is 0.600. The molecule has 0 saturated carbocycles. The molecule has 0 amide bonds. The standard InChI is InChI=1S/C6H14.2C2H4/c1-4-5-6(2)3;2*1-2/h6H,4-5H2,1-3H3;2*1-2H2. The lowest BCUT2D eigenvalue weighted by Crippen LogP contribution is -1.81. The number of hydrogen-bond acceptors (Lipinski definition) is 0. The summed E-state index contributed by atoms with van der Waals surface area (Å²) < 4.78 is 0. The van der Waals surface area contributed by atoms with Gasteiger partial charge in [-0.25, -0.2) is 0 Å². The van der Waals surface area contributed by atoms with Gasteiger partial charge in [0.1, 0.15) is 0 Å². The van der Waals surface area contributed by atoms with Crippen LogP contribution in [-0.2, 0) is 0 Å². The Labute approximate surface area is 66.7 Å². The summed E-state index contributed by atoms with van der Waals surface area (Å²) >= 11 is 0. The molecule has 0 aromatic rings. The summed E-state index contributed by atoms with van der Waals surface area (Å²) in [6.45, 7) is 18.7. The van der Waals surface area contributed by atoms with Gasteiger partial charge in [0, 0.05) is 0 Å². The summed E-state index contributed by atoms with van der Waals surface area (Å²) in [7, 11) is 0. The third-order valence-corrected chi connectivity index (χ3v) is 0.866. The molecular weight excluding hydrogens is 120 g/mol. The van der Waals surface area contributed by atoms with E-state index in [4.69, 9.17) is 0 Å². The van der Waals surface area contributed by atoms with Gasteiger partial charge in [-0.05, 0) is 5.92 Å². The van der Waals surface area contributed by atoms with Crippen LogP contribution >= 0.6 is 0 Å². The first-order valence-corrected chi connectivity index (χ1v) is 3.77. The molecule has 0 bridgehead atoms. The summed E-state index contributed by atoms with van der Waals surface area (Å²) in [5.74, 6) is 0.898. The lowest BCUT2D eigenvalue weighted by Gasteiger charge is -1.95. The zero-order valence-electron chi connectivity index (χ0n) is 7.82. The van der Waals surface area contributed by atoms with E-state index in [0.29, 0.717) is 0 Å². The molecule has 0 unspecified atom stereocenters. The quantitative estimate of drug-likeness (QED) is 0.510. The Hall–Kier alpha value is -0.520. The van der Waals surface area contributed by atoms with E-state index >= 15 is 0 Å². The van der Waals surface area contributed by atoms with Crippen LogP contribution < -0.4 is 0 Å². The van der Waals surface area contributed by atoms with Gasteiger partial charge >= 0.3 is 0 Å². The minimum atomic E-state index is 0.898. The van der Waals surface area contributed by atoms with Gasteiger partial charge in [-0.15, -0.1) is 26.3 Å². The molecular formula is C10H22. The molecule has 0 spiro atoms. The lowest BCUT2D eigenvalue weighted by molar-refractivity contribution is 0.576. The van der Waals surface area contributed by atoms with Gasteiger partial charge in [0.2, 0.25) is 0 Å². The normalized spacial score (nSPS) is 6.80. The van der Waals surface area contributed by atoms with Crippen molar-refractivity contribution in [1.82, 2.24) is 0 Å². The van der Waals surface area contributed by atoms with Gasteiger partial charge in [0.15, 0.2) is 0 Å². The monoisotopic (exact) mass is 142 g/mol. The Morgan fingerprint density at radius 2 is 1.30 bits per heavy atom. The smallest absolute Gasteiger partial charge is 0.0471 e. The fourth-order valence-corrected chi connectivity index (χ4v) is 0.577. The van der Waals surface area contributed by atoms with Gasteiger partial charge in [0.25, 0.3) is 0 Å². The molecule has 0 atom stereocenters. The fourth-order valence-electron chi connectivity index (χ4n) is 0.577. The molecule has 0 N–H and O–H groups in total. The largest absolute Gasteiger partial charge is 0.106 e. The van der Waals surface area contributed by atoms with Crippen molar-refractivity contribution in [2.75, 3.05) is 0 Å². The highest BCUT2D eigenvalue weighted by atomic mass is 13.9. The van der Waals surface area contributed by atoms with E-state index in [1.165, 1.54) is 12.8 Å². The highest BCUT2D eigenvalue weighted by Gasteiger charge is 1.85. The minimum Gasteiger partial charge on any atom is -0.106 e. The van der Waals surface area contributed by atoms with Crippen LogP contribution in [0.15, 0.2) is 26.3 Å². The molecule has 0 nitrogen and oxygen atoms in total. The molecule has 0 heteroatoms. The molecule has 0 heterocycles. The van der Waals surface area contributed by atoms with Crippen molar-refractivity contribution in [3.63, 3.8) is 0 Å². The third kappa shape index (κ3) is 51.1. The van der Waals surface area contributed by atoms with Gasteiger partial charge in [-0.2, -0.15) is 0 Å². The zero-order chi connectivity index (χ0) is 8.99. The summed E-state index contributed by atoms with van der Waals surface area (Å²) in [5.41, 5.74) is 0. The molecule has 0 aromatic carbocycles. The first kappa shape index (κ1) is 16.2. The Morgan fingerprint density at radius 3 is 1.30 bits per heavy atom. The van der Waals surface area contributed by atoms with Gasteiger partial charge in [-0.3, -0.25) is 0 Å². The van der Waals surface area contributed by atoms with E-state index in [1.54, 1.807) is 0 Å². The van der Waals surface area contributed by atoms with Gasteiger partial charge in [-0.1, -0.05) is 33.6 Å². The Kier molecular flexibility index (Phi) is 38.4. The highest BCUT2D eigenvalue weighted by Crippen LogP contribution is 2.00. The van der Waals surface area contributed by atoms with E-state index in [2.05, 4.69) is 47.1 Å². The molecule has 0 aliphatic carbocycles. The first-order chi connectivity index (χ1) is 4.77. The Balaban J connectivity index is -0.000000105. The van der Waals surface area contributed by atoms with Crippen LogP contribution in [-0.4, -0.2) is 0 Å². The summed E-state index contributed by atoms with van der Waals surface area (Å²) in [4.78, 5) is 0. The van der Waals surface area contributed by atoms with E-state index in [0.717, 1.165) is 5.92 Å². The van der Waals surface area contributed by atoms with Crippen molar-refractivity contribution in [3.05, 3.63) is 26.3 Å². The maximum atomic E-state index is 3.00. The summed E-state index contributed by atoms with van der Waals surface area (Å²) in [5, 5.41) is 0. The van der Waals surface area contributed by atoms with Crippen molar-refractivity contribution in [3.8, 4) is 0 Å². The van der Waals surface area contributed by atoms with E-state index in [1.807, 2.05) is 0 Å². The molecule has 0 aliphatic rings. The average Bonchev–Trinajstić information content (AvgIpc) is 1.96. The molecule has 0 fully saturated rings. The number of hydrogen-bond donors (Lipinski definition) is 0. The molecule has 0 aromatic heterocycles. The van der Waals surface area contributed by atoms with E-state index in [9.17, 15) is 0 Å². The van der Waals surface area contributed by atoms with E-state index < -0.39 is 0 Å². The first-order valence-electron chi connectivity index (χ1n) is 3.77. The van der Waals surface area contributed by atoms with Gasteiger partial charge < -0.3 is 0 Å². The number of rotatable bonds is 2. The predicted molar refractivity (Wildman–Crippen MR) is 52.3 cm³/mol. The topological polar surface area (TPSA) is 0 Å². The van der Waals surface area contributed by atoms with Crippen molar-refractivity contribution in [2.45, 2.75) is 33.6 Å². The van der Waals surface area contributed by atoms with Crippen LogP contribution in [0.4, 0.5) is 0 Å². The van der Waals surface area contributed by atoms with Crippen molar-refractivity contribution in [1.29, 1.82) is 0 Å². The summed E-state index contributed by atoms with van der Waals surface area (Å²) in [6, 6.07) is 0. The Morgan fingerprint density at radius 1 is 1.00 bits per heavy atom. The predicted octanol–water partition coefficient (Wildman–Crippen LogP) is 4.05.